The number of pyridine rings is 1. The molecule has 0 saturated carbocycles. The summed E-state index contributed by atoms with van der Waals surface area (Å²) in [6, 6.07) is 4.58. The van der Waals surface area contributed by atoms with Crippen LogP contribution in [0.5, 0.6) is 5.75 Å². The van der Waals surface area contributed by atoms with Gasteiger partial charge in [-0.25, -0.2) is 9.37 Å². The minimum atomic E-state index is -0.652. The van der Waals surface area contributed by atoms with Crippen molar-refractivity contribution in [3.8, 4) is 16.3 Å². The van der Waals surface area contributed by atoms with Crippen molar-refractivity contribution >= 4 is 28.8 Å². The number of carbonyl (C=O) groups is 1. The van der Waals surface area contributed by atoms with Gasteiger partial charge in [-0.15, -0.1) is 11.3 Å². The fourth-order valence-corrected chi connectivity index (χ4v) is 3.91. The Labute approximate surface area is 162 Å². The number of benzene rings is 1. The third-order valence-corrected chi connectivity index (χ3v) is 5.51. The fraction of sp³-hybridized carbons (Fsp3) is 0.167. The molecule has 0 spiro atoms. The summed E-state index contributed by atoms with van der Waals surface area (Å²) < 4.78 is 15.7. The lowest BCUT2D eigenvalue weighted by Crippen LogP contribution is -2.41. The van der Waals surface area contributed by atoms with Crippen LogP contribution in [0, 0.1) is 5.82 Å². The summed E-state index contributed by atoms with van der Waals surface area (Å²) in [4.78, 5) is 30.8. The number of aromatic hydroxyl groups is 1. The van der Waals surface area contributed by atoms with Crippen LogP contribution in [0.4, 0.5) is 4.39 Å². The van der Waals surface area contributed by atoms with Gasteiger partial charge in [0.15, 0.2) is 11.4 Å². The first-order valence-electron chi connectivity index (χ1n) is 8.06. The van der Waals surface area contributed by atoms with Crippen LogP contribution in [0.15, 0.2) is 40.8 Å². The van der Waals surface area contributed by atoms with Gasteiger partial charge in [0.05, 0.1) is 10.6 Å². The van der Waals surface area contributed by atoms with Crippen molar-refractivity contribution in [2.24, 2.45) is 0 Å². The van der Waals surface area contributed by atoms with Crippen LogP contribution >= 0.6 is 22.9 Å². The molecule has 4 rings (SSSR count). The van der Waals surface area contributed by atoms with E-state index in [4.69, 9.17) is 11.6 Å². The molecule has 0 radical (unpaired) electrons. The summed E-state index contributed by atoms with van der Waals surface area (Å²) in [5.41, 5.74) is -0.242. The molecule has 1 aromatic carbocycles. The molecule has 0 saturated heterocycles. The Hall–Kier alpha value is -2.71. The summed E-state index contributed by atoms with van der Waals surface area (Å²) in [6.45, 7) is 0.653. The molecule has 3 aromatic rings. The van der Waals surface area contributed by atoms with E-state index in [0.717, 1.165) is 0 Å². The quantitative estimate of drug-likeness (QED) is 0.726. The van der Waals surface area contributed by atoms with E-state index in [-0.39, 0.29) is 28.4 Å². The smallest absolute Gasteiger partial charge is 0.274 e. The van der Waals surface area contributed by atoms with E-state index >= 15 is 0 Å². The first-order chi connectivity index (χ1) is 13.0. The molecule has 1 amide bonds. The first-order valence-corrected chi connectivity index (χ1v) is 9.31. The van der Waals surface area contributed by atoms with Crippen molar-refractivity contribution in [3.63, 3.8) is 0 Å². The highest BCUT2D eigenvalue weighted by Gasteiger charge is 2.30. The van der Waals surface area contributed by atoms with Crippen molar-refractivity contribution < 1.29 is 14.3 Å². The normalized spacial score (nSPS) is 13.7. The molecule has 6 nitrogen and oxygen atoms in total. The Bertz CT molecular complexity index is 1100. The van der Waals surface area contributed by atoms with E-state index in [1.807, 2.05) is 0 Å². The van der Waals surface area contributed by atoms with E-state index in [1.165, 1.54) is 28.5 Å². The van der Waals surface area contributed by atoms with Gasteiger partial charge in [-0.1, -0.05) is 23.7 Å². The highest BCUT2D eigenvalue weighted by atomic mass is 35.5. The van der Waals surface area contributed by atoms with Crippen molar-refractivity contribution in [2.45, 2.75) is 13.1 Å². The van der Waals surface area contributed by atoms with Gasteiger partial charge in [-0.2, -0.15) is 0 Å². The maximum Gasteiger partial charge on any atom is 0.274 e. The molecule has 1 aliphatic heterocycles. The van der Waals surface area contributed by atoms with E-state index in [9.17, 15) is 19.1 Å². The van der Waals surface area contributed by atoms with Gasteiger partial charge in [0, 0.05) is 43.0 Å². The zero-order valence-corrected chi connectivity index (χ0v) is 15.4. The van der Waals surface area contributed by atoms with Gasteiger partial charge >= 0.3 is 0 Å². The summed E-state index contributed by atoms with van der Waals surface area (Å²) in [5.74, 6) is -1.75. The molecule has 1 N–H and O–H groups in total. The summed E-state index contributed by atoms with van der Waals surface area (Å²) in [5, 5.41) is 12.6. The van der Waals surface area contributed by atoms with Gasteiger partial charge in [-0.3, -0.25) is 9.59 Å². The monoisotopic (exact) mass is 405 g/mol. The van der Waals surface area contributed by atoms with E-state index in [1.54, 1.807) is 28.3 Å². The standard InChI is InChI=1S/C18H13ClFN3O3S/c19-12-3-1-2-10(13(12)20)8-23-6-5-22-9-11(17-21-4-7-27-17)15(24)16(25)14(22)18(23)26/h1-4,7,9,25H,5-6,8H2. The number of carbonyl (C=O) groups excluding carboxylic acids is 1. The second-order valence-corrected chi connectivity index (χ2v) is 7.34. The molecule has 0 unspecified atom stereocenters. The molecule has 0 aliphatic carbocycles. The third-order valence-electron chi connectivity index (χ3n) is 4.41. The second-order valence-electron chi connectivity index (χ2n) is 6.04. The molecule has 0 fully saturated rings. The molecule has 138 valence electrons. The predicted molar refractivity (Wildman–Crippen MR) is 99.6 cm³/mol. The molecule has 3 heterocycles. The number of halogens is 2. The number of rotatable bonds is 3. The minimum Gasteiger partial charge on any atom is -0.503 e. The Morgan fingerprint density at radius 1 is 1.30 bits per heavy atom. The van der Waals surface area contributed by atoms with Crippen LogP contribution in [-0.2, 0) is 13.1 Å². The van der Waals surface area contributed by atoms with Crippen molar-refractivity contribution in [2.75, 3.05) is 6.54 Å². The number of aromatic nitrogens is 2. The lowest BCUT2D eigenvalue weighted by Gasteiger charge is -2.30. The van der Waals surface area contributed by atoms with Crippen LogP contribution in [-0.4, -0.2) is 32.0 Å². The minimum absolute atomic E-state index is 0.00686. The van der Waals surface area contributed by atoms with Gasteiger partial charge in [-0.05, 0) is 6.07 Å². The summed E-state index contributed by atoms with van der Waals surface area (Å²) >= 11 is 7.06. The summed E-state index contributed by atoms with van der Waals surface area (Å²) in [6.07, 6.45) is 3.10. The molecular weight excluding hydrogens is 393 g/mol. The predicted octanol–water partition coefficient (Wildman–Crippen LogP) is 3.13. The molecule has 2 aromatic heterocycles. The van der Waals surface area contributed by atoms with Crippen LogP contribution in [0.25, 0.3) is 10.6 Å². The number of amides is 1. The van der Waals surface area contributed by atoms with Crippen LogP contribution in [0.2, 0.25) is 5.02 Å². The molecule has 27 heavy (non-hydrogen) atoms. The maximum atomic E-state index is 14.2. The average Bonchev–Trinajstić information content (AvgIpc) is 3.18. The lowest BCUT2D eigenvalue weighted by molar-refractivity contribution is 0.0681. The van der Waals surface area contributed by atoms with Gasteiger partial charge in [0.25, 0.3) is 5.91 Å². The van der Waals surface area contributed by atoms with Crippen LogP contribution in [0.1, 0.15) is 16.1 Å². The Kier molecular flexibility index (Phi) is 4.45. The lowest BCUT2D eigenvalue weighted by atomic mass is 10.1. The molecule has 0 bridgehead atoms. The molecule has 0 atom stereocenters. The number of thiazole rings is 1. The van der Waals surface area contributed by atoms with Gasteiger partial charge in [0.2, 0.25) is 5.43 Å². The number of fused-ring (bicyclic) bond motifs is 1. The molecular formula is C18H13ClFN3O3S. The third kappa shape index (κ3) is 3.00. The molecule has 1 aliphatic rings. The van der Waals surface area contributed by atoms with E-state index in [2.05, 4.69) is 4.98 Å². The van der Waals surface area contributed by atoms with Crippen molar-refractivity contribution in [3.05, 3.63) is 68.3 Å². The Morgan fingerprint density at radius 3 is 2.85 bits per heavy atom. The number of nitrogens with zero attached hydrogens (tertiary/aromatic N) is 3. The first kappa shape index (κ1) is 17.7. The maximum absolute atomic E-state index is 14.2. The Balaban J connectivity index is 1.71. The zero-order chi connectivity index (χ0) is 19.1. The topological polar surface area (TPSA) is 75.4 Å². The van der Waals surface area contributed by atoms with Crippen molar-refractivity contribution in [1.82, 2.24) is 14.5 Å². The summed E-state index contributed by atoms with van der Waals surface area (Å²) in [7, 11) is 0. The average molecular weight is 406 g/mol. The van der Waals surface area contributed by atoms with Crippen LogP contribution in [0.3, 0.4) is 0 Å². The number of hydrogen-bond acceptors (Lipinski definition) is 5. The number of hydrogen-bond donors (Lipinski definition) is 1. The van der Waals surface area contributed by atoms with E-state index < -0.39 is 22.9 Å². The SMILES string of the molecule is O=C1c2c(O)c(=O)c(-c3nccs3)cn2CCN1Cc1cccc(Cl)c1F. The molecule has 9 heteroatoms. The second kappa shape index (κ2) is 6.79. The highest BCUT2D eigenvalue weighted by molar-refractivity contribution is 7.13. The zero-order valence-electron chi connectivity index (χ0n) is 13.9. The largest absolute Gasteiger partial charge is 0.503 e. The van der Waals surface area contributed by atoms with Gasteiger partial charge in [0.1, 0.15) is 10.8 Å². The fourth-order valence-electron chi connectivity index (χ4n) is 3.07. The van der Waals surface area contributed by atoms with Gasteiger partial charge < -0.3 is 14.6 Å². The highest BCUT2D eigenvalue weighted by Crippen LogP contribution is 2.27. The van der Waals surface area contributed by atoms with E-state index in [0.29, 0.717) is 18.1 Å². The van der Waals surface area contributed by atoms with Crippen molar-refractivity contribution in [1.29, 1.82) is 0 Å². The van der Waals surface area contributed by atoms with Crippen LogP contribution < -0.4 is 5.43 Å². The Morgan fingerprint density at radius 2 is 2.11 bits per heavy atom.